The van der Waals surface area contributed by atoms with Gasteiger partial charge in [0.15, 0.2) is 0 Å². The second-order valence-electron chi connectivity index (χ2n) is 4.15. The first kappa shape index (κ1) is 13.2. The molecule has 0 aromatic heterocycles. The van der Waals surface area contributed by atoms with E-state index < -0.39 is 10.0 Å². The summed E-state index contributed by atoms with van der Waals surface area (Å²) in [6.45, 7) is 4.85. The lowest BCUT2D eigenvalue weighted by Crippen LogP contribution is -2.36. The molecule has 0 atom stereocenters. The molecule has 0 saturated carbocycles. The minimum atomic E-state index is -3.19. The standard InChI is InChI=1S/C12H18N2O3S/c1-2-18(15,16)13-11-3-5-12(6-4-11)14-7-9-17-10-8-14/h3-6,13H,2,7-10H2,1H3. The molecule has 0 spiro atoms. The van der Waals surface area contributed by atoms with Crippen LogP contribution in [-0.4, -0.2) is 40.5 Å². The van der Waals surface area contributed by atoms with Gasteiger partial charge in [-0.2, -0.15) is 0 Å². The number of morpholine rings is 1. The summed E-state index contributed by atoms with van der Waals surface area (Å²) in [4.78, 5) is 2.22. The zero-order chi connectivity index (χ0) is 13.0. The fraction of sp³-hybridized carbons (Fsp3) is 0.500. The maximum absolute atomic E-state index is 11.4. The summed E-state index contributed by atoms with van der Waals surface area (Å²) in [5, 5.41) is 0. The first-order chi connectivity index (χ1) is 8.61. The van der Waals surface area contributed by atoms with Crippen molar-refractivity contribution < 1.29 is 13.2 Å². The molecule has 0 bridgehead atoms. The molecule has 1 aromatic carbocycles. The molecule has 100 valence electrons. The van der Waals surface area contributed by atoms with Gasteiger partial charge in [-0.15, -0.1) is 0 Å². The average Bonchev–Trinajstić information content (AvgIpc) is 2.40. The highest BCUT2D eigenvalue weighted by Crippen LogP contribution is 2.19. The van der Waals surface area contributed by atoms with Crippen LogP contribution in [0.3, 0.4) is 0 Å². The second-order valence-corrected chi connectivity index (χ2v) is 6.16. The van der Waals surface area contributed by atoms with E-state index in [2.05, 4.69) is 9.62 Å². The summed E-state index contributed by atoms with van der Waals surface area (Å²) >= 11 is 0. The quantitative estimate of drug-likeness (QED) is 0.895. The molecule has 18 heavy (non-hydrogen) atoms. The van der Waals surface area contributed by atoms with Crippen molar-refractivity contribution in [3.63, 3.8) is 0 Å². The third-order valence-electron chi connectivity index (χ3n) is 2.90. The highest BCUT2D eigenvalue weighted by atomic mass is 32.2. The van der Waals surface area contributed by atoms with E-state index >= 15 is 0 Å². The maximum atomic E-state index is 11.4. The Kier molecular flexibility index (Phi) is 4.08. The van der Waals surface area contributed by atoms with Gasteiger partial charge in [0.2, 0.25) is 10.0 Å². The fourth-order valence-electron chi connectivity index (χ4n) is 1.81. The van der Waals surface area contributed by atoms with Crippen molar-refractivity contribution in [3.05, 3.63) is 24.3 Å². The van der Waals surface area contributed by atoms with Crippen LogP contribution in [0.5, 0.6) is 0 Å². The van der Waals surface area contributed by atoms with Gasteiger partial charge in [0.25, 0.3) is 0 Å². The Morgan fingerprint density at radius 1 is 1.22 bits per heavy atom. The molecule has 1 saturated heterocycles. The van der Waals surface area contributed by atoms with Crippen molar-refractivity contribution in [1.29, 1.82) is 0 Å². The van der Waals surface area contributed by atoms with E-state index in [9.17, 15) is 8.42 Å². The lowest BCUT2D eigenvalue weighted by atomic mass is 10.2. The SMILES string of the molecule is CCS(=O)(=O)Nc1ccc(N2CCOCC2)cc1. The molecule has 1 heterocycles. The third-order valence-corrected chi connectivity index (χ3v) is 4.20. The Morgan fingerprint density at radius 3 is 2.39 bits per heavy atom. The third kappa shape index (κ3) is 3.36. The number of hydrogen-bond donors (Lipinski definition) is 1. The molecule has 0 unspecified atom stereocenters. The van der Waals surface area contributed by atoms with E-state index in [0.29, 0.717) is 5.69 Å². The Morgan fingerprint density at radius 2 is 1.83 bits per heavy atom. The highest BCUT2D eigenvalue weighted by Gasteiger charge is 2.11. The van der Waals surface area contributed by atoms with Crippen LogP contribution in [0, 0.1) is 0 Å². The number of nitrogens with zero attached hydrogens (tertiary/aromatic N) is 1. The Balaban J connectivity index is 2.05. The molecule has 1 fully saturated rings. The summed E-state index contributed by atoms with van der Waals surface area (Å²) in [5.74, 6) is 0.0816. The second kappa shape index (κ2) is 5.58. The normalized spacial score (nSPS) is 16.6. The van der Waals surface area contributed by atoms with Crippen LogP contribution in [-0.2, 0) is 14.8 Å². The fourth-order valence-corrected chi connectivity index (χ4v) is 2.45. The molecular weight excluding hydrogens is 252 g/mol. The monoisotopic (exact) mass is 270 g/mol. The largest absolute Gasteiger partial charge is 0.378 e. The van der Waals surface area contributed by atoms with Gasteiger partial charge >= 0.3 is 0 Å². The van der Waals surface area contributed by atoms with Crippen LogP contribution in [0.4, 0.5) is 11.4 Å². The van der Waals surface area contributed by atoms with Gasteiger partial charge < -0.3 is 9.64 Å². The number of ether oxygens (including phenoxy) is 1. The molecule has 1 N–H and O–H groups in total. The lowest BCUT2D eigenvalue weighted by Gasteiger charge is -2.28. The number of benzene rings is 1. The van der Waals surface area contributed by atoms with Crippen LogP contribution >= 0.6 is 0 Å². The van der Waals surface area contributed by atoms with E-state index in [0.717, 1.165) is 32.0 Å². The van der Waals surface area contributed by atoms with E-state index in [1.807, 2.05) is 12.1 Å². The summed E-state index contributed by atoms with van der Waals surface area (Å²) in [5.41, 5.74) is 1.70. The maximum Gasteiger partial charge on any atom is 0.232 e. The van der Waals surface area contributed by atoms with Gasteiger partial charge in [-0.1, -0.05) is 0 Å². The van der Waals surface area contributed by atoms with Gasteiger partial charge in [-0.3, -0.25) is 4.72 Å². The predicted octanol–water partition coefficient (Wildman–Crippen LogP) is 1.28. The van der Waals surface area contributed by atoms with Crippen molar-refractivity contribution in [2.75, 3.05) is 41.7 Å². The summed E-state index contributed by atoms with van der Waals surface area (Å²) < 4.78 is 30.7. The minimum Gasteiger partial charge on any atom is -0.378 e. The van der Waals surface area contributed by atoms with Crippen LogP contribution in [0.2, 0.25) is 0 Å². The first-order valence-corrected chi connectivity index (χ1v) is 7.69. The van der Waals surface area contributed by atoms with Gasteiger partial charge in [-0.25, -0.2) is 8.42 Å². The number of rotatable bonds is 4. The summed E-state index contributed by atoms with van der Waals surface area (Å²) in [6.07, 6.45) is 0. The summed E-state index contributed by atoms with van der Waals surface area (Å²) in [7, 11) is -3.19. The Hall–Kier alpha value is -1.27. The molecule has 0 aliphatic carbocycles. The van der Waals surface area contributed by atoms with Crippen molar-refractivity contribution in [1.82, 2.24) is 0 Å². The smallest absolute Gasteiger partial charge is 0.232 e. The zero-order valence-electron chi connectivity index (χ0n) is 10.4. The van der Waals surface area contributed by atoms with Gasteiger partial charge in [0, 0.05) is 24.5 Å². The minimum absolute atomic E-state index is 0.0816. The molecule has 0 amide bonds. The van der Waals surface area contributed by atoms with Gasteiger partial charge in [-0.05, 0) is 31.2 Å². The van der Waals surface area contributed by atoms with E-state index in [1.165, 1.54) is 0 Å². The molecule has 6 heteroatoms. The first-order valence-electron chi connectivity index (χ1n) is 6.04. The van der Waals surface area contributed by atoms with E-state index in [4.69, 9.17) is 4.74 Å². The molecule has 0 radical (unpaired) electrons. The average molecular weight is 270 g/mol. The highest BCUT2D eigenvalue weighted by molar-refractivity contribution is 7.92. The number of nitrogens with one attached hydrogen (secondary N) is 1. The van der Waals surface area contributed by atoms with Crippen LogP contribution in [0.15, 0.2) is 24.3 Å². The van der Waals surface area contributed by atoms with Crippen molar-refractivity contribution in [3.8, 4) is 0 Å². The number of sulfonamides is 1. The van der Waals surface area contributed by atoms with Crippen LogP contribution < -0.4 is 9.62 Å². The molecule has 5 nitrogen and oxygen atoms in total. The van der Waals surface area contributed by atoms with Crippen molar-refractivity contribution in [2.24, 2.45) is 0 Å². The Labute approximate surface area is 108 Å². The molecule has 2 rings (SSSR count). The number of anilines is 2. The number of hydrogen-bond acceptors (Lipinski definition) is 4. The van der Waals surface area contributed by atoms with Crippen LogP contribution in [0.1, 0.15) is 6.92 Å². The van der Waals surface area contributed by atoms with Gasteiger partial charge in [0.1, 0.15) is 0 Å². The predicted molar refractivity (Wildman–Crippen MR) is 72.6 cm³/mol. The van der Waals surface area contributed by atoms with Crippen LogP contribution in [0.25, 0.3) is 0 Å². The van der Waals surface area contributed by atoms with E-state index in [-0.39, 0.29) is 5.75 Å². The van der Waals surface area contributed by atoms with Crippen molar-refractivity contribution >= 4 is 21.4 Å². The van der Waals surface area contributed by atoms with Crippen molar-refractivity contribution in [2.45, 2.75) is 6.92 Å². The molecule has 1 aliphatic heterocycles. The molecular formula is C12H18N2O3S. The van der Waals surface area contributed by atoms with Gasteiger partial charge in [0.05, 0.1) is 19.0 Å². The molecule has 1 aliphatic rings. The van der Waals surface area contributed by atoms with E-state index in [1.54, 1.807) is 19.1 Å². The topological polar surface area (TPSA) is 58.6 Å². The Bertz CT molecular complexity index is 479. The zero-order valence-corrected chi connectivity index (χ0v) is 11.2. The lowest BCUT2D eigenvalue weighted by molar-refractivity contribution is 0.122. The summed E-state index contributed by atoms with van der Waals surface area (Å²) in [6, 6.07) is 7.44. The molecule has 1 aromatic rings.